The minimum Gasteiger partial charge on any atom is -0.390 e. The number of pyridine rings is 1. The monoisotopic (exact) mass is 478 g/mol. The van der Waals surface area contributed by atoms with E-state index in [1.54, 1.807) is 36.8 Å². The number of nitrogens with one attached hydrogen (secondary N) is 1. The van der Waals surface area contributed by atoms with Crippen molar-refractivity contribution in [3.63, 3.8) is 0 Å². The lowest BCUT2D eigenvalue weighted by Gasteiger charge is -2.24. The van der Waals surface area contributed by atoms with Crippen molar-refractivity contribution in [2.24, 2.45) is 0 Å². The van der Waals surface area contributed by atoms with Crippen molar-refractivity contribution in [2.45, 2.75) is 43.9 Å². The maximum absolute atomic E-state index is 14.3. The molecule has 1 aliphatic carbocycles. The Kier molecular flexibility index (Phi) is 5.93. The Morgan fingerprint density at radius 2 is 1.85 bits per heavy atom. The summed E-state index contributed by atoms with van der Waals surface area (Å²) in [6.07, 6.45) is 5.67. The highest BCUT2D eigenvalue weighted by molar-refractivity contribution is 6.34. The molecule has 3 N–H and O–H groups in total. The van der Waals surface area contributed by atoms with E-state index < -0.39 is 11.7 Å². The van der Waals surface area contributed by atoms with Gasteiger partial charge in [0.25, 0.3) is 0 Å². The maximum atomic E-state index is 14.3. The number of fused-ring (bicyclic) bond motifs is 1. The number of aliphatic hydroxyl groups excluding tert-OH is 1. The minimum atomic E-state index is -1.40. The normalized spacial score (nSPS) is 21.0. The van der Waals surface area contributed by atoms with Crippen LogP contribution in [0.25, 0.3) is 22.0 Å². The van der Waals surface area contributed by atoms with E-state index >= 15 is 0 Å². The molecule has 0 radical (unpaired) electrons. The van der Waals surface area contributed by atoms with Gasteiger partial charge in [0.15, 0.2) is 5.82 Å². The average molecular weight is 479 g/mol. The molecule has 0 saturated heterocycles. The molecule has 34 heavy (non-hydrogen) atoms. The van der Waals surface area contributed by atoms with E-state index in [0.29, 0.717) is 29.1 Å². The number of hydrogen-bond acceptors (Lipinski definition) is 6. The van der Waals surface area contributed by atoms with Gasteiger partial charge < -0.3 is 15.5 Å². The smallest absolute Gasteiger partial charge is 0.162 e. The number of benzene rings is 2. The van der Waals surface area contributed by atoms with Gasteiger partial charge in [-0.05, 0) is 49.9 Å². The Bertz CT molecular complexity index is 1350. The van der Waals surface area contributed by atoms with Gasteiger partial charge in [-0.25, -0.2) is 14.4 Å². The van der Waals surface area contributed by atoms with E-state index in [9.17, 15) is 14.6 Å². The van der Waals surface area contributed by atoms with Crippen LogP contribution >= 0.6 is 11.6 Å². The topological polar surface area (TPSA) is 91.2 Å². The lowest BCUT2D eigenvalue weighted by atomic mass is 9.98. The molecule has 0 unspecified atom stereocenters. The predicted octanol–water partition coefficient (Wildman–Crippen LogP) is 5.39. The van der Waals surface area contributed by atoms with E-state index in [-0.39, 0.29) is 17.7 Å². The molecule has 2 aromatic carbocycles. The van der Waals surface area contributed by atoms with E-state index in [1.165, 1.54) is 6.07 Å². The number of aliphatic hydroxyl groups is 2. The van der Waals surface area contributed by atoms with Crippen LogP contribution in [0.1, 0.15) is 43.6 Å². The summed E-state index contributed by atoms with van der Waals surface area (Å²) in [4.78, 5) is 13.1. The van der Waals surface area contributed by atoms with Crippen molar-refractivity contribution >= 4 is 28.2 Å². The zero-order valence-electron chi connectivity index (χ0n) is 18.5. The van der Waals surface area contributed by atoms with Gasteiger partial charge in [-0.3, -0.25) is 4.98 Å². The number of hydrogen-bond donors (Lipinski definition) is 3. The first-order chi connectivity index (χ1) is 16.4. The highest BCUT2D eigenvalue weighted by Gasteiger charge is 2.44. The molecule has 1 fully saturated rings. The first kappa shape index (κ1) is 22.7. The van der Waals surface area contributed by atoms with Gasteiger partial charge in [0.05, 0.1) is 28.4 Å². The molecular formula is C26H24ClFN4O2. The van der Waals surface area contributed by atoms with Crippen LogP contribution in [0.2, 0.25) is 5.02 Å². The summed E-state index contributed by atoms with van der Waals surface area (Å²) >= 11 is 6.50. The van der Waals surface area contributed by atoms with Crippen LogP contribution in [0.3, 0.4) is 0 Å². The van der Waals surface area contributed by atoms with Crippen LogP contribution in [0.15, 0.2) is 61.1 Å². The van der Waals surface area contributed by atoms with Crippen LogP contribution < -0.4 is 5.32 Å². The standard InChI is InChI=1S/C26H24ClFN4O2/c1-15(18-5-2-3-6-21(18)28)32-24-19-11-16(8-9-22(19)29-14-20(24)27)17-12-30-25(31-13-17)26(34)10-4-7-23(26)33/h2-3,5-6,8-9,11-15,23,33-34H,4,7,10H2,1H3,(H,29,32)/t15-,23-,26+/m1/s1. The van der Waals surface area contributed by atoms with Gasteiger partial charge in [-0.2, -0.15) is 0 Å². The molecule has 4 aromatic rings. The minimum absolute atomic E-state index is 0.229. The molecule has 174 valence electrons. The summed E-state index contributed by atoms with van der Waals surface area (Å²) in [5.41, 5.74) is 2.11. The fraction of sp³-hybridized carbons (Fsp3) is 0.269. The molecule has 6 nitrogen and oxygen atoms in total. The zero-order valence-corrected chi connectivity index (χ0v) is 19.3. The van der Waals surface area contributed by atoms with E-state index in [4.69, 9.17) is 11.6 Å². The maximum Gasteiger partial charge on any atom is 0.162 e. The molecule has 8 heteroatoms. The van der Waals surface area contributed by atoms with Gasteiger partial charge in [-0.15, -0.1) is 0 Å². The molecule has 0 spiro atoms. The van der Waals surface area contributed by atoms with Crippen LogP contribution in [0, 0.1) is 5.82 Å². The van der Waals surface area contributed by atoms with Crippen LogP contribution in [-0.4, -0.2) is 31.3 Å². The predicted molar refractivity (Wildman–Crippen MR) is 130 cm³/mol. The highest BCUT2D eigenvalue weighted by Crippen LogP contribution is 2.38. The third-order valence-electron chi connectivity index (χ3n) is 6.51. The summed E-state index contributed by atoms with van der Waals surface area (Å²) in [6.45, 7) is 1.87. The zero-order chi connectivity index (χ0) is 23.9. The third-order valence-corrected chi connectivity index (χ3v) is 6.80. The fourth-order valence-corrected chi connectivity index (χ4v) is 4.75. The van der Waals surface area contributed by atoms with Crippen molar-refractivity contribution in [3.05, 3.63) is 83.3 Å². The summed E-state index contributed by atoms with van der Waals surface area (Å²) in [5, 5.41) is 25.5. The SMILES string of the molecule is C[C@@H](Nc1c(Cl)cnc2ccc(-c3cnc([C@]4(O)CCC[C@H]4O)nc3)cc12)c1ccccc1F. The lowest BCUT2D eigenvalue weighted by molar-refractivity contribution is -0.0643. The Hall–Kier alpha value is -3.13. The summed E-state index contributed by atoms with van der Waals surface area (Å²) in [6, 6.07) is 12.0. The molecule has 0 bridgehead atoms. The van der Waals surface area contributed by atoms with Crippen molar-refractivity contribution in [1.82, 2.24) is 15.0 Å². The van der Waals surface area contributed by atoms with Crippen LogP contribution in [-0.2, 0) is 5.60 Å². The highest BCUT2D eigenvalue weighted by atomic mass is 35.5. The summed E-state index contributed by atoms with van der Waals surface area (Å²) in [7, 11) is 0. The molecule has 1 saturated carbocycles. The first-order valence-corrected chi connectivity index (χ1v) is 11.6. The Morgan fingerprint density at radius 3 is 2.56 bits per heavy atom. The summed E-state index contributed by atoms with van der Waals surface area (Å²) < 4.78 is 14.3. The number of rotatable bonds is 5. The quantitative estimate of drug-likeness (QED) is 0.356. The second-order valence-corrected chi connectivity index (χ2v) is 9.14. The largest absolute Gasteiger partial charge is 0.390 e. The van der Waals surface area contributed by atoms with Crippen molar-refractivity contribution in [2.75, 3.05) is 5.32 Å². The second kappa shape index (κ2) is 8.91. The number of nitrogens with zero attached hydrogens (tertiary/aromatic N) is 3. The lowest BCUT2D eigenvalue weighted by Crippen LogP contribution is -2.36. The van der Waals surface area contributed by atoms with E-state index in [2.05, 4.69) is 20.3 Å². The van der Waals surface area contributed by atoms with Gasteiger partial charge in [0.1, 0.15) is 11.4 Å². The molecule has 3 atom stereocenters. The van der Waals surface area contributed by atoms with Gasteiger partial charge in [0, 0.05) is 35.1 Å². The van der Waals surface area contributed by atoms with Crippen LogP contribution in [0.5, 0.6) is 0 Å². The average Bonchev–Trinajstić information content (AvgIpc) is 3.20. The van der Waals surface area contributed by atoms with Gasteiger partial charge >= 0.3 is 0 Å². The Labute approximate surface area is 201 Å². The van der Waals surface area contributed by atoms with Gasteiger partial charge in [0.2, 0.25) is 0 Å². The third kappa shape index (κ3) is 4.00. The fourth-order valence-electron chi connectivity index (χ4n) is 4.55. The number of halogens is 2. The molecule has 0 amide bonds. The van der Waals surface area contributed by atoms with Gasteiger partial charge in [-0.1, -0.05) is 35.9 Å². The molecule has 0 aliphatic heterocycles. The van der Waals surface area contributed by atoms with Crippen molar-refractivity contribution in [3.8, 4) is 11.1 Å². The van der Waals surface area contributed by atoms with E-state index in [1.807, 2.05) is 25.1 Å². The molecule has 2 aromatic heterocycles. The Morgan fingerprint density at radius 1 is 1.09 bits per heavy atom. The van der Waals surface area contributed by atoms with Crippen LogP contribution in [0.4, 0.5) is 10.1 Å². The van der Waals surface area contributed by atoms with Crippen molar-refractivity contribution < 1.29 is 14.6 Å². The molecule has 5 rings (SSSR count). The van der Waals surface area contributed by atoms with E-state index in [0.717, 1.165) is 28.5 Å². The molecule has 1 aliphatic rings. The number of aromatic nitrogens is 3. The number of anilines is 1. The second-order valence-electron chi connectivity index (χ2n) is 8.73. The van der Waals surface area contributed by atoms with Crippen molar-refractivity contribution in [1.29, 1.82) is 0 Å². The molecule has 2 heterocycles. The summed E-state index contributed by atoms with van der Waals surface area (Å²) in [5.74, 6) is -0.0585. The Balaban J connectivity index is 1.50. The molecular weight excluding hydrogens is 455 g/mol. The first-order valence-electron chi connectivity index (χ1n) is 11.2.